The molecule has 0 saturated carbocycles. The summed E-state index contributed by atoms with van der Waals surface area (Å²) in [5, 5.41) is 0. The zero-order valence-corrected chi connectivity index (χ0v) is 9.60. The van der Waals surface area contributed by atoms with Gasteiger partial charge in [0.25, 0.3) is 0 Å². The maximum absolute atomic E-state index is 12.7. The molecule has 0 bridgehead atoms. The first-order chi connectivity index (χ1) is 6.84. The monoisotopic (exact) mass is 228 g/mol. The number of hydrogen-bond donors (Lipinski definition) is 0. The smallest absolute Gasteiger partial charge is 0.378 e. The molecule has 0 radical (unpaired) electrons. The lowest BCUT2D eigenvalue weighted by Crippen LogP contribution is -2.42. The summed E-state index contributed by atoms with van der Waals surface area (Å²) in [6, 6.07) is 0. The molecule has 0 aromatic carbocycles. The van der Waals surface area contributed by atoms with Gasteiger partial charge in [0, 0.05) is 13.2 Å². The Kier molecular flexibility index (Phi) is 6.20. The molecule has 0 aliphatic rings. The Labute approximate surface area is 88.7 Å². The number of alkyl halides is 3. The third-order valence-corrected chi connectivity index (χ3v) is 2.25. The summed E-state index contributed by atoms with van der Waals surface area (Å²) in [5.41, 5.74) is 0. The van der Waals surface area contributed by atoms with E-state index in [1.165, 1.54) is 13.8 Å². The highest BCUT2D eigenvalue weighted by Crippen LogP contribution is 2.34. The Morgan fingerprint density at radius 2 is 1.27 bits per heavy atom. The fourth-order valence-electron chi connectivity index (χ4n) is 1.65. The first kappa shape index (κ1) is 14.7. The summed E-state index contributed by atoms with van der Waals surface area (Å²) in [4.78, 5) is 0. The molecular formula is C10H19F3O2. The summed E-state index contributed by atoms with van der Waals surface area (Å²) in [7, 11) is 0. The van der Waals surface area contributed by atoms with E-state index in [4.69, 9.17) is 9.47 Å². The van der Waals surface area contributed by atoms with Crippen LogP contribution in [0, 0.1) is 5.92 Å². The van der Waals surface area contributed by atoms with Gasteiger partial charge in [-0.25, -0.2) is 0 Å². The largest absolute Gasteiger partial charge is 0.396 e. The molecule has 0 heterocycles. The van der Waals surface area contributed by atoms with Crippen molar-refractivity contribution < 1.29 is 22.6 Å². The second kappa shape index (κ2) is 6.33. The van der Waals surface area contributed by atoms with Gasteiger partial charge in [-0.15, -0.1) is 0 Å². The fraction of sp³-hybridized carbons (Fsp3) is 1.00. The maximum atomic E-state index is 12.7. The van der Waals surface area contributed by atoms with Crippen LogP contribution in [0.1, 0.15) is 27.7 Å². The molecule has 0 spiro atoms. The number of halogens is 3. The van der Waals surface area contributed by atoms with E-state index >= 15 is 0 Å². The van der Waals surface area contributed by atoms with E-state index in [1.807, 2.05) is 0 Å². The lowest BCUT2D eigenvalue weighted by atomic mass is 9.97. The Morgan fingerprint density at radius 3 is 1.47 bits per heavy atom. The van der Waals surface area contributed by atoms with E-state index in [9.17, 15) is 13.2 Å². The van der Waals surface area contributed by atoms with Crippen LogP contribution in [-0.4, -0.2) is 31.6 Å². The third-order valence-electron chi connectivity index (χ3n) is 2.25. The van der Waals surface area contributed by atoms with E-state index < -0.39 is 24.3 Å². The van der Waals surface area contributed by atoms with Crippen LogP contribution in [0.25, 0.3) is 0 Å². The van der Waals surface area contributed by atoms with Crippen LogP contribution in [0.15, 0.2) is 0 Å². The number of hydrogen-bond acceptors (Lipinski definition) is 2. The zero-order valence-electron chi connectivity index (χ0n) is 9.60. The Hall–Kier alpha value is -0.290. The molecule has 0 aromatic heterocycles. The summed E-state index contributed by atoms with van der Waals surface area (Å²) in [5.74, 6) is -1.57. The molecule has 15 heavy (non-hydrogen) atoms. The summed E-state index contributed by atoms with van der Waals surface area (Å²) in [6.07, 6.45) is -6.04. The molecule has 5 heteroatoms. The van der Waals surface area contributed by atoms with E-state index in [2.05, 4.69) is 0 Å². The minimum Gasteiger partial charge on any atom is -0.378 e. The second-order valence-corrected chi connectivity index (χ2v) is 3.39. The normalized spacial score (nSPS) is 18.6. The molecule has 0 amide bonds. The molecule has 2 nitrogen and oxygen atoms in total. The molecule has 0 fully saturated rings. The first-order valence-corrected chi connectivity index (χ1v) is 5.14. The molecule has 92 valence electrons. The minimum atomic E-state index is -4.29. The summed E-state index contributed by atoms with van der Waals surface area (Å²) >= 11 is 0. The first-order valence-electron chi connectivity index (χ1n) is 5.14. The van der Waals surface area contributed by atoms with Gasteiger partial charge in [0.1, 0.15) is 5.92 Å². The maximum Gasteiger partial charge on any atom is 0.396 e. The van der Waals surface area contributed by atoms with Crippen molar-refractivity contribution in [1.82, 2.24) is 0 Å². The Balaban J connectivity index is 4.57. The van der Waals surface area contributed by atoms with Gasteiger partial charge >= 0.3 is 6.18 Å². The highest BCUT2D eigenvalue weighted by atomic mass is 19.4. The van der Waals surface area contributed by atoms with Crippen LogP contribution < -0.4 is 0 Å². The van der Waals surface area contributed by atoms with Gasteiger partial charge in [0.05, 0.1) is 12.2 Å². The van der Waals surface area contributed by atoms with Crippen molar-refractivity contribution >= 4 is 0 Å². The van der Waals surface area contributed by atoms with Crippen molar-refractivity contribution in [2.24, 2.45) is 5.92 Å². The van der Waals surface area contributed by atoms with Crippen LogP contribution in [0.3, 0.4) is 0 Å². The van der Waals surface area contributed by atoms with Crippen molar-refractivity contribution in [3.63, 3.8) is 0 Å². The standard InChI is InChI=1S/C10H19F3O2/c1-5-14-7(3)9(10(11,12)13)8(4)15-6-2/h7-9H,5-6H2,1-4H3. The molecule has 0 aliphatic carbocycles. The average molecular weight is 228 g/mol. The summed E-state index contributed by atoms with van der Waals surface area (Å²) in [6.45, 7) is 6.75. The van der Waals surface area contributed by atoms with Crippen LogP contribution in [0.4, 0.5) is 13.2 Å². The van der Waals surface area contributed by atoms with Crippen LogP contribution in [-0.2, 0) is 9.47 Å². The van der Waals surface area contributed by atoms with Gasteiger partial charge in [0.2, 0.25) is 0 Å². The SMILES string of the molecule is CCOC(C)C(C(C)OCC)C(F)(F)F. The quantitative estimate of drug-likeness (QED) is 0.695. The van der Waals surface area contributed by atoms with E-state index in [0.717, 1.165) is 0 Å². The van der Waals surface area contributed by atoms with Gasteiger partial charge in [-0.05, 0) is 27.7 Å². The Morgan fingerprint density at radius 1 is 0.933 bits per heavy atom. The van der Waals surface area contributed by atoms with Crippen LogP contribution in [0.5, 0.6) is 0 Å². The third kappa shape index (κ3) is 4.84. The van der Waals surface area contributed by atoms with Crippen LogP contribution in [0.2, 0.25) is 0 Å². The van der Waals surface area contributed by atoms with E-state index in [1.54, 1.807) is 13.8 Å². The highest BCUT2D eigenvalue weighted by Gasteiger charge is 2.47. The predicted molar refractivity (Wildman–Crippen MR) is 51.7 cm³/mol. The molecular weight excluding hydrogens is 209 g/mol. The number of rotatable bonds is 6. The molecule has 0 N–H and O–H groups in total. The fourth-order valence-corrected chi connectivity index (χ4v) is 1.65. The summed E-state index contributed by atoms with van der Waals surface area (Å²) < 4.78 is 48.1. The highest BCUT2D eigenvalue weighted by molar-refractivity contribution is 4.79. The molecule has 0 aromatic rings. The van der Waals surface area contributed by atoms with Crippen molar-refractivity contribution in [2.75, 3.05) is 13.2 Å². The average Bonchev–Trinajstić information content (AvgIpc) is 2.01. The van der Waals surface area contributed by atoms with Gasteiger partial charge in [-0.2, -0.15) is 13.2 Å². The lowest BCUT2D eigenvalue weighted by molar-refractivity contribution is -0.233. The molecule has 0 aliphatic heterocycles. The van der Waals surface area contributed by atoms with Gasteiger partial charge in [0.15, 0.2) is 0 Å². The molecule has 0 saturated heterocycles. The molecule has 2 unspecified atom stereocenters. The van der Waals surface area contributed by atoms with Crippen LogP contribution >= 0.6 is 0 Å². The lowest BCUT2D eigenvalue weighted by Gasteiger charge is -2.30. The van der Waals surface area contributed by atoms with E-state index in [0.29, 0.717) is 0 Å². The van der Waals surface area contributed by atoms with Gasteiger partial charge in [-0.3, -0.25) is 0 Å². The Bertz CT molecular complexity index is 159. The van der Waals surface area contributed by atoms with Crippen molar-refractivity contribution in [3.05, 3.63) is 0 Å². The van der Waals surface area contributed by atoms with Crippen molar-refractivity contribution in [3.8, 4) is 0 Å². The minimum absolute atomic E-state index is 0.270. The van der Waals surface area contributed by atoms with Gasteiger partial charge < -0.3 is 9.47 Å². The molecule has 2 atom stereocenters. The van der Waals surface area contributed by atoms with Gasteiger partial charge in [-0.1, -0.05) is 0 Å². The topological polar surface area (TPSA) is 18.5 Å². The second-order valence-electron chi connectivity index (χ2n) is 3.39. The van der Waals surface area contributed by atoms with Crippen molar-refractivity contribution in [2.45, 2.75) is 46.1 Å². The number of ether oxygens (including phenoxy) is 2. The predicted octanol–water partition coefficient (Wildman–Crippen LogP) is 3.01. The van der Waals surface area contributed by atoms with E-state index in [-0.39, 0.29) is 13.2 Å². The van der Waals surface area contributed by atoms with Crippen molar-refractivity contribution in [1.29, 1.82) is 0 Å². The molecule has 0 rings (SSSR count). The zero-order chi connectivity index (χ0) is 12.1.